The number of aromatic nitrogens is 1. The largest absolute Gasteiger partial charge is 0.351 e. The molecule has 0 saturated heterocycles. The molecule has 1 aromatic heterocycles. The molecule has 21 heavy (non-hydrogen) atoms. The maximum Gasteiger partial charge on any atom is 0.254 e. The Hall–Kier alpha value is -1.73. The molecule has 112 valence electrons. The van der Waals surface area contributed by atoms with E-state index >= 15 is 0 Å². The number of rotatable bonds is 4. The summed E-state index contributed by atoms with van der Waals surface area (Å²) in [6.45, 7) is -0.0184. The van der Waals surface area contributed by atoms with Crippen molar-refractivity contribution in [1.29, 1.82) is 0 Å². The van der Waals surface area contributed by atoms with Gasteiger partial charge in [0.2, 0.25) is 0 Å². The van der Waals surface area contributed by atoms with Crippen LogP contribution in [-0.2, 0) is 9.84 Å². The van der Waals surface area contributed by atoms with Crippen molar-refractivity contribution in [2.75, 3.05) is 18.6 Å². The van der Waals surface area contributed by atoms with Crippen LogP contribution in [0.15, 0.2) is 24.3 Å². The van der Waals surface area contributed by atoms with E-state index in [1.807, 2.05) is 0 Å². The molecule has 0 aliphatic carbocycles. The first-order valence-corrected chi connectivity index (χ1v) is 8.42. The molecule has 0 aliphatic heterocycles. The third kappa shape index (κ3) is 4.12. The molecule has 0 fully saturated rings. The van der Waals surface area contributed by atoms with Crippen LogP contribution >= 0.6 is 11.6 Å². The molecular formula is C13H12ClFN2O3S. The minimum Gasteiger partial charge on any atom is -0.351 e. The second kappa shape index (κ2) is 5.95. The molecule has 5 nitrogen and oxygen atoms in total. The van der Waals surface area contributed by atoms with Gasteiger partial charge in [0.25, 0.3) is 5.91 Å². The van der Waals surface area contributed by atoms with Crippen LogP contribution in [0.4, 0.5) is 4.39 Å². The Morgan fingerprint density at radius 2 is 2.10 bits per heavy atom. The van der Waals surface area contributed by atoms with Gasteiger partial charge in [0.1, 0.15) is 20.8 Å². The monoisotopic (exact) mass is 330 g/mol. The number of nitrogens with one attached hydrogen (secondary N) is 1. The van der Waals surface area contributed by atoms with E-state index in [4.69, 9.17) is 11.6 Å². The van der Waals surface area contributed by atoms with E-state index in [0.29, 0.717) is 10.9 Å². The lowest BCUT2D eigenvalue weighted by molar-refractivity contribution is 0.0956. The van der Waals surface area contributed by atoms with Crippen molar-refractivity contribution >= 4 is 38.2 Å². The normalized spacial score (nSPS) is 11.6. The fraction of sp³-hybridized carbons (Fsp3) is 0.231. The van der Waals surface area contributed by atoms with Gasteiger partial charge in [-0.25, -0.2) is 17.8 Å². The first-order valence-electron chi connectivity index (χ1n) is 5.98. The Morgan fingerprint density at radius 3 is 2.76 bits per heavy atom. The van der Waals surface area contributed by atoms with Crippen LogP contribution < -0.4 is 5.32 Å². The van der Waals surface area contributed by atoms with Gasteiger partial charge < -0.3 is 5.32 Å². The molecule has 2 rings (SSSR count). The number of pyridine rings is 1. The molecule has 0 atom stereocenters. The molecule has 2 aromatic rings. The summed E-state index contributed by atoms with van der Waals surface area (Å²) < 4.78 is 35.1. The Balaban J connectivity index is 2.23. The van der Waals surface area contributed by atoms with Crippen LogP contribution in [0.3, 0.4) is 0 Å². The number of amides is 1. The Bertz CT molecular complexity index is 808. The third-order valence-corrected chi connectivity index (χ3v) is 3.97. The lowest BCUT2D eigenvalue weighted by Crippen LogP contribution is -2.29. The molecule has 1 N–H and O–H groups in total. The molecule has 0 spiro atoms. The van der Waals surface area contributed by atoms with Gasteiger partial charge in [0.15, 0.2) is 0 Å². The first kappa shape index (κ1) is 15.7. The molecule has 0 radical (unpaired) electrons. The topological polar surface area (TPSA) is 76.1 Å². The van der Waals surface area contributed by atoms with Crippen LogP contribution in [0.1, 0.15) is 10.4 Å². The van der Waals surface area contributed by atoms with Crippen molar-refractivity contribution in [2.24, 2.45) is 0 Å². The maximum absolute atomic E-state index is 13.1. The standard InChI is InChI=1S/C13H12ClFN2O3S/c1-21(19,20)5-4-16-13(18)10-6-8-2-3-9(15)7-11(8)17-12(10)14/h2-3,6-7H,4-5H2,1H3,(H,16,18). The van der Waals surface area contributed by atoms with E-state index in [1.54, 1.807) is 0 Å². The Kier molecular flexibility index (Phi) is 4.43. The molecule has 0 saturated carbocycles. The highest BCUT2D eigenvalue weighted by Crippen LogP contribution is 2.21. The molecule has 8 heteroatoms. The van der Waals surface area contributed by atoms with E-state index in [2.05, 4.69) is 10.3 Å². The van der Waals surface area contributed by atoms with Crippen LogP contribution in [-0.4, -0.2) is 37.9 Å². The van der Waals surface area contributed by atoms with E-state index in [0.717, 1.165) is 6.26 Å². The molecule has 1 aromatic carbocycles. The number of nitrogens with zero attached hydrogens (tertiary/aromatic N) is 1. The highest BCUT2D eigenvalue weighted by molar-refractivity contribution is 7.90. The second-order valence-electron chi connectivity index (χ2n) is 4.55. The molecule has 0 bridgehead atoms. The minimum absolute atomic E-state index is 0.0184. The number of hydrogen-bond acceptors (Lipinski definition) is 4. The van der Waals surface area contributed by atoms with Gasteiger partial charge in [-0.2, -0.15) is 0 Å². The smallest absolute Gasteiger partial charge is 0.254 e. The second-order valence-corrected chi connectivity index (χ2v) is 7.17. The Labute approximate surface area is 126 Å². The summed E-state index contributed by atoms with van der Waals surface area (Å²) >= 11 is 5.91. The zero-order chi connectivity index (χ0) is 15.6. The van der Waals surface area contributed by atoms with Crippen LogP contribution in [0, 0.1) is 5.82 Å². The summed E-state index contributed by atoms with van der Waals surface area (Å²) in [4.78, 5) is 15.9. The number of benzene rings is 1. The fourth-order valence-electron chi connectivity index (χ4n) is 1.72. The predicted molar refractivity (Wildman–Crippen MR) is 78.8 cm³/mol. The van der Waals surface area contributed by atoms with Gasteiger partial charge in [0, 0.05) is 24.3 Å². The van der Waals surface area contributed by atoms with Crippen molar-refractivity contribution < 1.29 is 17.6 Å². The lowest BCUT2D eigenvalue weighted by Gasteiger charge is -2.07. The van der Waals surface area contributed by atoms with Gasteiger partial charge in [0.05, 0.1) is 16.8 Å². The van der Waals surface area contributed by atoms with E-state index in [1.165, 1.54) is 24.3 Å². The zero-order valence-electron chi connectivity index (χ0n) is 11.1. The summed E-state index contributed by atoms with van der Waals surface area (Å²) in [5.74, 6) is -1.14. The maximum atomic E-state index is 13.1. The van der Waals surface area contributed by atoms with Crippen LogP contribution in [0.5, 0.6) is 0 Å². The minimum atomic E-state index is -3.16. The molecule has 0 unspecified atom stereocenters. The summed E-state index contributed by atoms with van der Waals surface area (Å²) in [5.41, 5.74) is 0.456. The number of hydrogen-bond donors (Lipinski definition) is 1. The molecule has 1 amide bonds. The van der Waals surface area contributed by atoms with Gasteiger partial charge >= 0.3 is 0 Å². The predicted octanol–water partition coefficient (Wildman–Crippen LogP) is 1.80. The van der Waals surface area contributed by atoms with Gasteiger partial charge in [-0.05, 0) is 18.2 Å². The first-order chi connectivity index (χ1) is 9.76. The summed E-state index contributed by atoms with van der Waals surface area (Å²) in [5, 5.41) is 2.95. The van der Waals surface area contributed by atoms with Crippen LogP contribution in [0.2, 0.25) is 5.15 Å². The lowest BCUT2D eigenvalue weighted by atomic mass is 10.1. The number of fused-ring (bicyclic) bond motifs is 1. The Morgan fingerprint density at radius 1 is 1.38 bits per heavy atom. The zero-order valence-corrected chi connectivity index (χ0v) is 12.6. The van der Waals surface area contributed by atoms with Crippen molar-refractivity contribution in [3.05, 3.63) is 40.8 Å². The number of halogens is 2. The van der Waals surface area contributed by atoms with E-state index in [-0.39, 0.29) is 23.0 Å². The van der Waals surface area contributed by atoms with Gasteiger partial charge in [-0.3, -0.25) is 4.79 Å². The number of carbonyl (C=O) groups is 1. The molecule has 0 aliphatic rings. The van der Waals surface area contributed by atoms with Gasteiger partial charge in [-0.1, -0.05) is 11.6 Å². The summed E-state index contributed by atoms with van der Waals surface area (Å²) in [6, 6.07) is 5.44. The van der Waals surface area contributed by atoms with Crippen molar-refractivity contribution in [1.82, 2.24) is 10.3 Å². The van der Waals surface area contributed by atoms with Crippen LogP contribution in [0.25, 0.3) is 10.9 Å². The van der Waals surface area contributed by atoms with Crippen molar-refractivity contribution in [2.45, 2.75) is 0 Å². The van der Waals surface area contributed by atoms with Crippen molar-refractivity contribution in [3.63, 3.8) is 0 Å². The highest BCUT2D eigenvalue weighted by Gasteiger charge is 2.14. The molecular weight excluding hydrogens is 319 g/mol. The molecule has 1 heterocycles. The quantitative estimate of drug-likeness (QED) is 0.867. The number of carbonyl (C=O) groups excluding carboxylic acids is 1. The SMILES string of the molecule is CS(=O)(=O)CCNC(=O)c1cc2ccc(F)cc2nc1Cl. The van der Waals surface area contributed by atoms with E-state index in [9.17, 15) is 17.6 Å². The van der Waals surface area contributed by atoms with Crippen molar-refractivity contribution in [3.8, 4) is 0 Å². The van der Waals surface area contributed by atoms with Gasteiger partial charge in [-0.15, -0.1) is 0 Å². The average molecular weight is 331 g/mol. The highest BCUT2D eigenvalue weighted by atomic mass is 35.5. The summed E-state index contributed by atoms with van der Waals surface area (Å²) in [7, 11) is -3.16. The average Bonchev–Trinajstić information content (AvgIpc) is 2.36. The van der Waals surface area contributed by atoms with E-state index < -0.39 is 21.6 Å². The number of sulfone groups is 1. The summed E-state index contributed by atoms with van der Waals surface area (Å²) in [6.07, 6.45) is 1.08. The fourth-order valence-corrected chi connectivity index (χ4v) is 2.43. The third-order valence-electron chi connectivity index (χ3n) is 2.74.